The first-order chi connectivity index (χ1) is 19.3. The topological polar surface area (TPSA) is 138 Å². The number of rotatable bonds is 6. The molecule has 0 aliphatic heterocycles. The zero-order valence-electron chi connectivity index (χ0n) is 22.1. The average Bonchev–Trinajstić information content (AvgIpc) is 3.44. The van der Waals surface area contributed by atoms with E-state index in [4.69, 9.17) is 11.5 Å². The predicted octanol–water partition coefficient (Wildman–Crippen LogP) is 4.96. The molecule has 206 valence electrons. The Kier molecular flexibility index (Phi) is 7.65. The van der Waals surface area contributed by atoms with Gasteiger partial charge in [-0.1, -0.05) is 36.4 Å². The number of benzene rings is 1. The van der Waals surface area contributed by atoms with E-state index in [2.05, 4.69) is 32.5 Å². The summed E-state index contributed by atoms with van der Waals surface area (Å²) in [4.78, 5) is 21.8. The van der Waals surface area contributed by atoms with Crippen LogP contribution >= 0.6 is 0 Å². The van der Waals surface area contributed by atoms with Crippen molar-refractivity contribution in [1.82, 2.24) is 25.0 Å². The molecule has 0 bridgehead atoms. The molecule has 1 fully saturated rings. The van der Waals surface area contributed by atoms with Gasteiger partial charge in [0.1, 0.15) is 11.5 Å². The molecule has 3 heterocycles. The highest BCUT2D eigenvalue weighted by Crippen LogP contribution is 2.43. The summed E-state index contributed by atoms with van der Waals surface area (Å²) in [5, 5.41) is 10.9. The van der Waals surface area contributed by atoms with Crippen LogP contribution in [0.25, 0.3) is 17.3 Å². The lowest BCUT2D eigenvalue weighted by Crippen LogP contribution is -2.42. The van der Waals surface area contributed by atoms with E-state index < -0.39 is 17.5 Å². The second kappa shape index (κ2) is 11.3. The number of nitrogens with zero attached hydrogens (tertiary/aromatic N) is 5. The lowest BCUT2D eigenvalue weighted by atomic mass is 9.73. The Morgan fingerprint density at radius 3 is 2.73 bits per heavy atom. The fourth-order valence-electron chi connectivity index (χ4n) is 5.68. The van der Waals surface area contributed by atoms with Crippen molar-refractivity contribution in [2.75, 3.05) is 11.1 Å². The van der Waals surface area contributed by atoms with Gasteiger partial charge in [-0.05, 0) is 54.9 Å². The van der Waals surface area contributed by atoms with Crippen LogP contribution in [0.2, 0.25) is 0 Å². The minimum atomic E-state index is -0.834. The van der Waals surface area contributed by atoms with Crippen molar-refractivity contribution >= 4 is 23.4 Å². The SMILES string of the molecule is CC=Cc1cccc(F)c1-c1nc(C(=O)Nc2cnccc2C2CC(C)C(n3ccnn3)C(N)C2)c(N)cc1F. The molecular formula is C29H30F2N8O. The number of carbonyl (C=O) groups excluding carboxylic acids is 1. The van der Waals surface area contributed by atoms with E-state index in [-0.39, 0.29) is 46.6 Å². The number of hydrogen-bond acceptors (Lipinski definition) is 7. The van der Waals surface area contributed by atoms with Gasteiger partial charge in [-0.3, -0.25) is 9.78 Å². The standard InChI is InChI=1S/C29H30F2N8O/c1-3-5-17-6-4-7-20(30)25(17)26-21(31)14-22(32)27(37-26)29(40)36-24-15-34-9-8-19(24)18-12-16(2)28(23(33)13-18)39-11-10-35-38-39/h3-11,14-16,18,23,28H,12-13,32-33H2,1-2H3,(H,36,40). The third kappa shape index (κ3) is 5.20. The Morgan fingerprint density at radius 1 is 1.18 bits per heavy atom. The van der Waals surface area contributed by atoms with Gasteiger partial charge in [-0.2, -0.15) is 0 Å². The number of nitrogen functional groups attached to an aromatic ring is 1. The van der Waals surface area contributed by atoms with Gasteiger partial charge in [0, 0.05) is 30.1 Å². The van der Waals surface area contributed by atoms with Crippen molar-refractivity contribution in [3.63, 3.8) is 0 Å². The van der Waals surface area contributed by atoms with E-state index in [0.717, 1.165) is 18.1 Å². The molecule has 3 aromatic heterocycles. The number of hydrogen-bond donors (Lipinski definition) is 3. The first kappa shape index (κ1) is 27.1. The molecule has 9 nitrogen and oxygen atoms in total. The van der Waals surface area contributed by atoms with Crippen LogP contribution in [0.3, 0.4) is 0 Å². The minimum Gasteiger partial charge on any atom is -0.397 e. The van der Waals surface area contributed by atoms with Gasteiger partial charge in [-0.15, -0.1) is 5.10 Å². The molecule has 4 unspecified atom stereocenters. The van der Waals surface area contributed by atoms with Crippen molar-refractivity contribution < 1.29 is 13.6 Å². The van der Waals surface area contributed by atoms with E-state index >= 15 is 4.39 Å². The highest BCUT2D eigenvalue weighted by molar-refractivity contribution is 6.07. The molecule has 4 aromatic rings. The van der Waals surface area contributed by atoms with Gasteiger partial charge in [-0.25, -0.2) is 18.4 Å². The number of aromatic nitrogens is 5. The summed E-state index contributed by atoms with van der Waals surface area (Å²) < 4.78 is 31.7. The van der Waals surface area contributed by atoms with Crippen LogP contribution in [0.4, 0.5) is 20.2 Å². The predicted molar refractivity (Wildman–Crippen MR) is 149 cm³/mol. The monoisotopic (exact) mass is 544 g/mol. The third-order valence-corrected chi connectivity index (χ3v) is 7.37. The molecule has 1 amide bonds. The Balaban J connectivity index is 1.44. The van der Waals surface area contributed by atoms with Crippen molar-refractivity contribution in [2.24, 2.45) is 11.7 Å². The number of nitrogens with one attached hydrogen (secondary N) is 1. The largest absolute Gasteiger partial charge is 0.397 e. The van der Waals surface area contributed by atoms with Gasteiger partial charge in [0.25, 0.3) is 5.91 Å². The Hall–Kier alpha value is -4.51. The lowest BCUT2D eigenvalue weighted by molar-refractivity contribution is 0.102. The molecule has 4 atom stereocenters. The summed E-state index contributed by atoms with van der Waals surface area (Å²) in [6.07, 6.45) is 11.5. The van der Waals surface area contributed by atoms with Crippen LogP contribution < -0.4 is 16.8 Å². The van der Waals surface area contributed by atoms with Gasteiger partial charge >= 0.3 is 0 Å². The van der Waals surface area contributed by atoms with Crippen LogP contribution in [-0.2, 0) is 0 Å². The first-order valence-electron chi connectivity index (χ1n) is 13.0. The molecule has 0 spiro atoms. The van der Waals surface area contributed by atoms with E-state index in [0.29, 0.717) is 17.7 Å². The van der Waals surface area contributed by atoms with Crippen molar-refractivity contribution in [3.8, 4) is 11.3 Å². The molecule has 11 heteroatoms. The number of anilines is 2. The number of pyridine rings is 2. The summed E-state index contributed by atoms with van der Waals surface area (Å²) >= 11 is 0. The summed E-state index contributed by atoms with van der Waals surface area (Å²) in [6, 6.07) is 7.03. The fraction of sp³-hybridized carbons (Fsp3) is 0.276. The number of nitrogens with two attached hydrogens (primary N) is 2. The summed E-state index contributed by atoms with van der Waals surface area (Å²) in [6.45, 7) is 3.88. The average molecular weight is 545 g/mol. The molecule has 5 rings (SSSR count). The van der Waals surface area contributed by atoms with Crippen LogP contribution in [0.15, 0.2) is 61.2 Å². The highest BCUT2D eigenvalue weighted by atomic mass is 19.1. The van der Waals surface area contributed by atoms with Gasteiger partial charge in [0.15, 0.2) is 11.5 Å². The highest BCUT2D eigenvalue weighted by Gasteiger charge is 2.37. The van der Waals surface area contributed by atoms with Crippen LogP contribution in [-0.4, -0.2) is 36.9 Å². The molecule has 1 aliphatic rings. The maximum atomic E-state index is 15.0. The van der Waals surface area contributed by atoms with E-state index in [1.807, 2.05) is 12.3 Å². The summed E-state index contributed by atoms with van der Waals surface area (Å²) in [5.74, 6) is -1.93. The second-order valence-electron chi connectivity index (χ2n) is 10.1. The molecule has 0 radical (unpaired) electrons. The fourth-order valence-corrected chi connectivity index (χ4v) is 5.68. The second-order valence-corrected chi connectivity index (χ2v) is 10.1. The maximum absolute atomic E-state index is 15.0. The third-order valence-electron chi connectivity index (χ3n) is 7.37. The van der Waals surface area contributed by atoms with Crippen molar-refractivity contribution in [1.29, 1.82) is 0 Å². The zero-order valence-corrected chi connectivity index (χ0v) is 22.1. The molecule has 40 heavy (non-hydrogen) atoms. The lowest BCUT2D eigenvalue weighted by Gasteiger charge is -2.39. The molecule has 1 aliphatic carbocycles. The Morgan fingerprint density at radius 2 is 2.00 bits per heavy atom. The smallest absolute Gasteiger partial charge is 0.276 e. The van der Waals surface area contributed by atoms with Crippen molar-refractivity contribution in [3.05, 3.63) is 89.7 Å². The zero-order chi connectivity index (χ0) is 28.4. The minimum absolute atomic E-state index is 0.00564. The summed E-state index contributed by atoms with van der Waals surface area (Å²) in [7, 11) is 0. The molecule has 5 N–H and O–H groups in total. The number of halogens is 2. The van der Waals surface area contributed by atoms with E-state index in [1.165, 1.54) is 12.1 Å². The quantitative estimate of drug-likeness (QED) is 0.312. The van der Waals surface area contributed by atoms with Crippen LogP contribution in [0.5, 0.6) is 0 Å². The van der Waals surface area contributed by atoms with Crippen LogP contribution in [0.1, 0.15) is 60.3 Å². The van der Waals surface area contributed by atoms with Gasteiger partial charge < -0.3 is 16.8 Å². The van der Waals surface area contributed by atoms with Gasteiger partial charge in [0.2, 0.25) is 0 Å². The summed E-state index contributed by atoms with van der Waals surface area (Å²) in [5.41, 5.74) is 13.6. The number of allylic oxidation sites excluding steroid dienone is 1. The van der Waals surface area contributed by atoms with E-state index in [1.54, 1.807) is 48.4 Å². The van der Waals surface area contributed by atoms with E-state index in [9.17, 15) is 9.18 Å². The number of amides is 1. The Labute approximate surface area is 230 Å². The molecule has 0 saturated heterocycles. The first-order valence-corrected chi connectivity index (χ1v) is 13.0. The number of carbonyl (C=O) groups is 1. The molecule has 1 saturated carbocycles. The maximum Gasteiger partial charge on any atom is 0.276 e. The van der Waals surface area contributed by atoms with Crippen LogP contribution in [0, 0.1) is 17.6 Å². The molecular weight excluding hydrogens is 514 g/mol. The Bertz CT molecular complexity index is 1540. The van der Waals surface area contributed by atoms with Crippen molar-refractivity contribution in [2.45, 2.75) is 44.7 Å². The molecule has 1 aromatic carbocycles. The van der Waals surface area contributed by atoms with Gasteiger partial charge in [0.05, 0.1) is 29.8 Å². The normalized spacial score (nSPS) is 21.0.